The number of imide groups is 1. The molecular formula is C13H19NO3. The normalized spacial score (nSPS) is 14.8. The summed E-state index contributed by atoms with van der Waals surface area (Å²) < 4.78 is 0. The van der Waals surface area contributed by atoms with E-state index in [1.165, 1.54) is 17.1 Å². The molecule has 0 aromatic rings. The van der Waals surface area contributed by atoms with E-state index in [1.54, 1.807) is 6.92 Å². The molecule has 0 saturated carbocycles. The van der Waals surface area contributed by atoms with E-state index >= 15 is 0 Å². The summed E-state index contributed by atoms with van der Waals surface area (Å²) in [6.07, 6.45) is 8.17. The Morgan fingerprint density at radius 2 is 1.53 bits per heavy atom. The van der Waals surface area contributed by atoms with Crippen molar-refractivity contribution in [1.82, 2.24) is 4.90 Å². The van der Waals surface area contributed by atoms with E-state index in [4.69, 9.17) is 0 Å². The Hall–Kier alpha value is -1.45. The molecule has 1 aliphatic heterocycles. The summed E-state index contributed by atoms with van der Waals surface area (Å²) >= 11 is 0. The number of unbranched alkanes of at least 4 members (excludes halogenated alkanes) is 4. The molecule has 94 valence electrons. The van der Waals surface area contributed by atoms with Gasteiger partial charge in [0.2, 0.25) is 0 Å². The van der Waals surface area contributed by atoms with E-state index < -0.39 is 0 Å². The van der Waals surface area contributed by atoms with Crippen LogP contribution in [0.1, 0.15) is 45.4 Å². The van der Waals surface area contributed by atoms with E-state index in [0.29, 0.717) is 13.0 Å². The van der Waals surface area contributed by atoms with Gasteiger partial charge in [-0.25, -0.2) is 0 Å². The lowest BCUT2D eigenvalue weighted by Crippen LogP contribution is -2.30. The predicted octanol–water partition coefficient (Wildman–Crippen LogP) is 1.84. The van der Waals surface area contributed by atoms with Crippen LogP contribution >= 0.6 is 0 Å². The van der Waals surface area contributed by atoms with Crippen LogP contribution in [0.3, 0.4) is 0 Å². The molecule has 0 aromatic heterocycles. The molecule has 0 saturated heterocycles. The maximum atomic E-state index is 11.2. The first-order valence-corrected chi connectivity index (χ1v) is 6.14. The number of carbonyl (C=O) groups excluding carboxylic acids is 3. The van der Waals surface area contributed by atoms with Crippen molar-refractivity contribution in [2.45, 2.75) is 45.4 Å². The number of Topliss-reactive ketones (excluding diaryl/α,β-unsaturated/α-hetero) is 1. The van der Waals surface area contributed by atoms with E-state index in [-0.39, 0.29) is 17.6 Å². The van der Waals surface area contributed by atoms with Gasteiger partial charge in [-0.05, 0) is 19.8 Å². The van der Waals surface area contributed by atoms with Crippen LogP contribution in [0.15, 0.2) is 12.2 Å². The van der Waals surface area contributed by atoms with Crippen molar-refractivity contribution in [2.24, 2.45) is 0 Å². The average molecular weight is 237 g/mol. The second-order valence-electron chi connectivity index (χ2n) is 4.38. The smallest absolute Gasteiger partial charge is 0.253 e. The van der Waals surface area contributed by atoms with E-state index in [9.17, 15) is 14.4 Å². The Morgan fingerprint density at radius 3 is 2.12 bits per heavy atom. The highest BCUT2D eigenvalue weighted by Crippen LogP contribution is 2.09. The highest BCUT2D eigenvalue weighted by molar-refractivity contribution is 6.12. The second-order valence-corrected chi connectivity index (χ2v) is 4.38. The summed E-state index contributed by atoms with van der Waals surface area (Å²) in [4.78, 5) is 34.4. The molecule has 0 radical (unpaired) electrons. The Kier molecular flexibility index (Phi) is 5.60. The molecule has 17 heavy (non-hydrogen) atoms. The predicted molar refractivity (Wildman–Crippen MR) is 64.2 cm³/mol. The highest BCUT2D eigenvalue weighted by Gasteiger charge is 2.21. The number of nitrogens with zero attached hydrogens (tertiary/aromatic N) is 1. The maximum absolute atomic E-state index is 11.2. The number of rotatable bonds is 8. The van der Waals surface area contributed by atoms with Gasteiger partial charge < -0.3 is 4.79 Å². The van der Waals surface area contributed by atoms with Crippen molar-refractivity contribution in [3.63, 3.8) is 0 Å². The van der Waals surface area contributed by atoms with Crippen molar-refractivity contribution in [3.8, 4) is 0 Å². The van der Waals surface area contributed by atoms with Gasteiger partial charge in [0.05, 0.1) is 0 Å². The van der Waals surface area contributed by atoms with Gasteiger partial charge in [-0.15, -0.1) is 0 Å². The van der Waals surface area contributed by atoms with Crippen LogP contribution < -0.4 is 0 Å². The molecular weight excluding hydrogens is 218 g/mol. The number of carbonyl (C=O) groups is 3. The fourth-order valence-corrected chi connectivity index (χ4v) is 1.83. The first kappa shape index (κ1) is 13.6. The lowest BCUT2D eigenvalue weighted by molar-refractivity contribution is -0.136. The van der Waals surface area contributed by atoms with Gasteiger partial charge >= 0.3 is 0 Å². The molecule has 0 atom stereocenters. The fraction of sp³-hybridized carbons (Fsp3) is 0.615. The standard InChI is InChI=1S/C13H19NO3/c1-11(15)7-5-3-2-4-6-10-14-12(16)8-9-13(14)17/h8-9H,2-7,10H2,1H3. The topological polar surface area (TPSA) is 54.5 Å². The lowest BCUT2D eigenvalue weighted by atomic mass is 10.1. The summed E-state index contributed by atoms with van der Waals surface area (Å²) in [6.45, 7) is 2.12. The maximum Gasteiger partial charge on any atom is 0.253 e. The SMILES string of the molecule is CC(=O)CCCCCCCN1C(=O)C=CC1=O. The zero-order chi connectivity index (χ0) is 12.7. The van der Waals surface area contributed by atoms with E-state index in [1.807, 2.05) is 0 Å². The summed E-state index contributed by atoms with van der Waals surface area (Å²) in [5.74, 6) is -0.164. The Morgan fingerprint density at radius 1 is 1.00 bits per heavy atom. The molecule has 0 aromatic carbocycles. The molecule has 0 N–H and O–H groups in total. The van der Waals surface area contributed by atoms with Crippen LogP contribution in [0.25, 0.3) is 0 Å². The molecule has 0 fully saturated rings. The van der Waals surface area contributed by atoms with E-state index in [2.05, 4.69) is 0 Å². The first-order valence-electron chi connectivity index (χ1n) is 6.14. The van der Waals surface area contributed by atoms with Crippen LogP contribution in [-0.2, 0) is 14.4 Å². The summed E-state index contributed by atoms with van der Waals surface area (Å²) in [7, 11) is 0. The number of amides is 2. The van der Waals surface area contributed by atoms with Crippen LogP contribution in [-0.4, -0.2) is 29.0 Å². The monoisotopic (exact) mass is 237 g/mol. The Balaban J connectivity index is 1.99. The summed E-state index contributed by atoms with van der Waals surface area (Å²) in [5.41, 5.74) is 0. The van der Waals surface area contributed by atoms with Gasteiger partial charge in [0.1, 0.15) is 5.78 Å². The number of hydrogen-bond donors (Lipinski definition) is 0. The Bertz CT molecular complexity index is 316. The quantitative estimate of drug-likeness (QED) is 0.478. The molecule has 1 rings (SSSR count). The number of ketones is 1. The van der Waals surface area contributed by atoms with Gasteiger partial charge in [-0.2, -0.15) is 0 Å². The van der Waals surface area contributed by atoms with Gasteiger partial charge in [-0.1, -0.05) is 19.3 Å². The second kappa shape index (κ2) is 6.99. The van der Waals surface area contributed by atoms with E-state index in [0.717, 1.165) is 32.1 Å². The zero-order valence-corrected chi connectivity index (χ0v) is 10.3. The van der Waals surface area contributed by atoms with Gasteiger partial charge in [0.25, 0.3) is 11.8 Å². The summed E-state index contributed by atoms with van der Waals surface area (Å²) in [6, 6.07) is 0. The third-order valence-corrected chi connectivity index (χ3v) is 2.81. The minimum atomic E-state index is -0.202. The third-order valence-electron chi connectivity index (χ3n) is 2.81. The minimum Gasteiger partial charge on any atom is -0.300 e. The largest absolute Gasteiger partial charge is 0.300 e. The molecule has 1 heterocycles. The van der Waals surface area contributed by atoms with Crippen LogP contribution in [0.5, 0.6) is 0 Å². The molecule has 0 aliphatic carbocycles. The summed E-state index contributed by atoms with van der Waals surface area (Å²) in [5, 5.41) is 0. The van der Waals surface area contributed by atoms with Crippen LogP contribution in [0.4, 0.5) is 0 Å². The number of hydrogen-bond acceptors (Lipinski definition) is 3. The van der Waals surface area contributed by atoms with Gasteiger partial charge in [0.15, 0.2) is 0 Å². The van der Waals surface area contributed by atoms with Crippen molar-refractivity contribution >= 4 is 17.6 Å². The third kappa shape index (κ3) is 4.93. The van der Waals surface area contributed by atoms with Crippen molar-refractivity contribution in [3.05, 3.63) is 12.2 Å². The van der Waals surface area contributed by atoms with Crippen LogP contribution in [0.2, 0.25) is 0 Å². The van der Waals surface area contributed by atoms with Gasteiger partial charge in [0, 0.05) is 25.1 Å². The van der Waals surface area contributed by atoms with Crippen LogP contribution in [0, 0.1) is 0 Å². The zero-order valence-electron chi connectivity index (χ0n) is 10.3. The molecule has 4 nitrogen and oxygen atoms in total. The highest BCUT2D eigenvalue weighted by atomic mass is 16.2. The average Bonchev–Trinajstić information content (AvgIpc) is 2.58. The fourth-order valence-electron chi connectivity index (χ4n) is 1.83. The lowest BCUT2D eigenvalue weighted by Gasteiger charge is -2.12. The molecule has 0 bridgehead atoms. The van der Waals surface area contributed by atoms with Gasteiger partial charge in [-0.3, -0.25) is 14.5 Å². The molecule has 1 aliphatic rings. The van der Waals surface area contributed by atoms with Crippen molar-refractivity contribution < 1.29 is 14.4 Å². The molecule has 2 amide bonds. The molecule has 4 heteroatoms. The minimum absolute atomic E-state index is 0.202. The molecule has 0 spiro atoms. The molecule has 0 unspecified atom stereocenters. The first-order chi connectivity index (χ1) is 8.11. The van der Waals surface area contributed by atoms with Crippen molar-refractivity contribution in [1.29, 1.82) is 0 Å². The Labute approximate surface area is 102 Å². The van der Waals surface area contributed by atoms with Crippen molar-refractivity contribution in [2.75, 3.05) is 6.54 Å².